The van der Waals surface area contributed by atoms with Gasteiger partial charge in [0, 0.05) is 5.54 Å². The van der Waals surface area contributed by atoms with E-state index in [0.29, 0.717) is 11.0 Å². The van der Waals surface area contributed by atoms with E-state index in [9.17, 15) is 0 Å². The highest BCUT2D eigenvalue weighted by atomic mass is 15.0. The van der Waals surface area contributed by atoms with Crippen LogP contribution in [-0.2, 0) is 0 Å². The lowest BCUT2D eigenvalue weighted by molar-refractivity contribution is 0.140. The molecule has 1 heterocycles. The van der Waals surface area contributed by atoms with Crippen LogP contribution < -0.4 is 5.32 Å². The lowest BCUT2D eigenvalue weighted by Crippen LogP contribution is -2.51. The summed E-state index contributed by atoms with van der Waals surface area (Å²) < 4.78 is 0. The monoisotopic (exact) mass is 181 g/mol. The molecule has 1 heteroatoms. The van der Waals surface area contributed by atoms with Gasteiger partial charge in [-0.3, -0.25) is 0 Å². The van der Waals surface area contributed by atoms with Crippen LogP contribution in [0.2, 0.25) is 0 Å². The number of hydrogen-bond acceptors (Lipinski definition) is 1. The Balaban J connectivity index is 2.08. The Labute approximate surface area is 82.3 Å². The van der Waals surface area contributed by atoms with Crippen LogP contribution in [0.3, 0.4) is 0 Å². The molecule has 1 aliphatic carbocycles. The smallest absolute Gasteiger partial charge is 0.0232 e. The minimum absolute atomic E-state index is 0.437. The normalized spacial score (nSPS) is 35.3. The maximum Gasteiger partial charge on any atom is 0.0232 e. The minimum Gasteiger partial charge on any atom is -0.311 e. The quantitative estimate of drug-likeness (QED) is 0.690. The van der Waals surface area contributed by atoms with Crippen molar-refractivity contribution in [3.63, 3.8) is 0 Å². The minimum atomic E-state index is 0.437. The van der Waals surface area contributed by atoms with Crippen molar-refractivity contribution < 1.29 is 0 Å². The van der Waals surface area contributed by atoms with E-state index in [4.69, 9.17) is 0 Å². The van der Waals surface area contributed by atoms with Crippen LogP contribution in [0.1, 0.15) is 52.9 Å². The fourth-order valence-electron chi connectivity index (χ4n) is 2.74. The van der Waals surface area contributed by atoms with Crippen molar-refractivity contribution in [2.75, 3.05) is 6.54 Å². The van der Waals surface area contributed by atoms with Gasteiger partial charge in [-0.1, -0.05) is 33.6 Å². The zero-order chi connectivity index (χ0) is 9.53. The first-order chi connectivity index (χ1) is 6.04. The first-order valence-electron chi connectivity index (χ1n) is 5.79. The molecule has 2 aliphatic rings. The molecule has 76 valence electrons. The summed E-state index contributed by atoms with van der Waals surface area (Å²) in [6.07, 6.45) is 7.17. The number of rotatable bonds is 2. The van der Waals surface area contributed by atoms with Crippen LogP contribution in [0.15, 0.2) is 0 Å². The van der Waals surface area contributed by atoms with Gasteiger partial charge in [-0.15, -0.1) is 0 Å². The van der Waals surface area contributed by atoms with Crippen LogP contribution in [0, 0.1) is 11.3 Å². The maximum absolute atomic E-state index is 3.78. The van der Waals surface area contributed by atoms with Crippen LogP contribution in [0.5, 0.6) is 0 Å². The van der Waals surface area contributed by atoms with Crippen LogP contribution in [0.25, 0.3) is 0 Å². The Morgan fingerprint density at radius 1 is 1.31 bits per heavy atom. The second-order valence-electron chi connectivity index (χ2n) is 6.01. The molecule has 0 aromatic rings. The van der Waals surface area contributed by atoms with Gasteiger partial charge in [0.05, 0.1) is 0 Å². The van der Waals surface area contributed by atoms with E-state index in [1.54, 1.807) is 0 Å². The molecule has 1 saturated heterocycles. The van der Waals surface area contributed by atoms with E-state index >= 15 is 0 Å². The Hall–Kier alpha value is -0.0400. The lowest BCUT2D eigenvalue weighted by atomic mass is 9.70. The fourth-order valence-corrected chi connectivity index (χ4v) is 2.74. The molecule has 0 aromatic heterocycles. The van der Waals surface area contributed by atoms with Gasteiger partial charge in [0.1, 0.15) is 0 Å². The van der Waals surface area contributed by atoms with Gasteiger partial charge in [-0.2, -0.15) is 0 Å². The van der Waals surface area contributed by atoms with E-state index in [-0.39, 0.29) is 0 Å². The first kappa shape index (κ1) is 9.51. The van der Waals surface area contributed by atoms with E-state index in [1.165, 1.54) is 38.6 Å². The molecule has 0 radical (unpaired) electrons. The van der Waals surface area contributed by atoms with Gasteiger partial charge < -0.3 is 5.32 Å². The molecular formula is C12H23N. The highest BCUT2D eigenvalue weighted by Crippen LogP contribution is 2.47. The first-order valence-corrected chi connectivity index (χ1v) is 5.79. The summed E-state index contributed by atoms with van der Waals surface area (Å²) in [5, 5.41) is 3.78. The summed E-state index contributed by atoms with van der Waals surface area (Å²) in [4.78, 5) is 0. The highest BCUT2D eigenvalue weighted by molar-refractivity contribution is 5.04. The summed E-state index contributed by atoms with van der Waals surface area (Å²) in [6.45, 7) is 8.43. The van der Waals surface area contributed by atoms with Gasteiger partial charge in [0.2, 0.25) is 0 Å². The topological polar surface area (TPSA) is 12.0 Å². The summed E-state index contributed by atoms with van der Waals surface area (Å²) in [5.41, 5.74) is 0.903. The third-order valence-corrected chi connectivity index (χ3v) is 4.01. The Morgan fingerprint density at radius 3 is 2.38 bits per heavy atom. The molecule has 2 fully saturated rings. The van der Waals surface area contributed by atoms with Gasteiger partial charge >= 0.3 is 0 Å². The summed E-state index contributed by atoms with van der Waals surface area (Å²) in [6, 6.07) is 0. The molecule has 1 saturated carbocycles. The molecular weight excluding hydrogens is 158 g/mol. The molecule has 0 aromatic carbocycles. The summed E-state index contributed by atoms with van der Waals surface area (Å²) in [7, 11) is 0. The predicted octanol–water partition coefficient (Wildman–Crippen LogP) is 2.95. The largest absolute Gasteiger partial charge is 0.311 e. The third kappa shape index (κ3) is 1.76. The zero-order valence-electron chi connectivity index (χ0n) is 9.32. The van der Waals surface area contributed by atoms with E-state index < -0.39 is 0 Å². The molecule has 0 bridgehead atoms. The molecule has 1 nitrogen and oxygen atoms in total. The van der Waals surface area contributed by atoms with Crippen molar-refractivity contribution in [3.8, 4) is 0 Å². The lowest BCUT2D eigenvalue weighted by Gasteiger charge is -2.42. The van der Waals surface area contributed by atoms with Gasteiger partial charge in [0.15, 0.2) is 0 Å². The number of hydrogen-bond donors (Lipinski definition) is 1. The molecule has 0 amide bonds. The molecule has 13 heavy (non-hydrogen) atoms. The Bertz CT molecular complexity index is 180. The standard InChI is InChI=1S/C12H23N/c1-11(2,3)12(7-4-8-13-12)9-10-5-6-10/h10,13H,4-9H2,1-3H3. The van der Waals surface area contributed by atoms with Crippen molar-refractivity contribution >= 4 is 0 Å². The fraction of sp³-hybridized carbons (Fsp3) is 1.00. The van der Waals surface area contributed by atoms with E-state index in [0.717, 1.165) is 5.92 Å². The van der Waals surface area contributed by atoms with Crippen molar-refractivity contribution in [2.24, 2.45) is 11.3 Å². The van der Waals surface area contributed by atoms with Gasteiger partial charge in [-0.25, -0.2) is 0 Å². The van der Waals surface area contributed by atoms with Gasteiger partial charge in [0.25, 0.3) is 0 Å². The second-order valence-corrected chi connectivity index (χ2v) is 6.01. The second kappa shape index (κ2) is 2.98. The average molecular weight is 181 g/mol. The summed E-state index contributed by atoms with van der Waals surface area (Å²) in [5.74, 6) is 1.05. The van der Waals surface area contributed by atoms with Crippen molar-refractivity contribution in [3.05, 3.63) is 0 Å². The average Bonchev–Trinajstić information content (AvgIpc) is 2.64. The van der Waals surface area contributed by atoms with Crippen LogP contribution in [0.4, 0.5) is 0 Å². The van der Waals surface area contributed by atoms with E-state index in [2.05, 4.69) is 26.1 Å². The van der Waals surface area contributed by atoms with Crippen molar-refractivity contribution in [1.29, 1.82) is 0 Å². The SMILES string of the molecule is CC(C)(C)C1(CC2CC2)CCCN1. The molecule has 1 aliphatic heterocycles. The summed E-state index contributed by atoms with van der Waals surface area (Å²) >= 11 is 0. The van der Waals surface area contributed by atoms with E-state index in [1.807, 2.05) is 0 Å². The van der Waals surface area contributed by atoms with Crippen LogP contribution >= 0.6 is 0 Å². The zero-order valence-corrected chi connectivity index (χ0v) is 9.32. The molecule has 1 N–H and O–H groups in total. The molecule has 1 unspecified atom stereocenters. The maximum atomic E-state index is 3.78. The van der Waals surface area contributed by atoms with Crippen molar-refractivity contribution in [2.45, 2.75) is 58.4 Å². The van der Waals surface area contributed by atoms with Crippen LogP contribution in [-0.4, -0.2) is 12.1 Å². The molecule has 2 rings (SSSR count). The Morgan fingerprint density at radius 2 is 2.00 bits per heavy atom. The predicted molar refractivity (Wildman–Crippen MR) is 56.8 cm³/mol. The van der Waals surface area contributed by atoms with Gasteiger partial charge in [-0.05, 0) is 37.1 Å². The number of nitrogens with one attached hydrogen (secondary N) is 1. The molecule has 1 atom stereocenters. The Kier molecular flexibility index (Phi) is 2.18. The van der Waals surface area contributed by atoms with Crippen molar-refractivity contribution in [1.82, 2.24) is 5.32 Å². The highest BCUT2D eigenvalue weighted by Gasteiger charge is 2.46. The molecule has 0 spiro atoms. The third-order valence-electron chi connectivity index (χ3n) is 4.01.